The van der Waals surface area contributed by atoms with Crippen molar-refractivity contribution in [2.24, 2.45) is 5.92 Å². The first-order valence-electron chi connectivity index (χ1n) is 14.1. The van der Waals surface area contributed by atoms with Crippen LogP contribution in [0.15, 0.2) is 71.5 Å². The molecular formula is C32H40N2O7. The lowest BCUT2D eigenvalue weighted by Gasteiger charge is -2.23. The molecule has 4 atom stereocenters. The molecule has 0 radical (unpaired) electrons. The number of Topliss-reactive ketones (excluding diaryl/α,β-unsaturated/α-hetero) is 3. The molecule has 9 nitrogen and oxygen atoms in total. The first kappa shape index (κ1) is 31.8. The van der Waals surface area contributed by atoms with Gasteiger partial charge < -0.3 is 20.5 Å². The lowest BCUT2D eigenvalue weighted by molar-refractivity contribution is -0.129. The highest BCUT2D eigenvalue weighted by atomic mass is 16.6. The summed E-state index contributed by atoms with van der Waals surface area (Å²) < 4.78 is 5.39. The van der Waals surface area contributed by atoms with Gasteiger partial charge in [-0.05, 0) is 38.3 Å². The van der Waals surface area contributed by atoms with Gasteiger partial charge in [-0.1, -0.05) is 74.3 Å². The van der Waals surface area contributed by atoms with Crippen LogP contribution in [-0.4, -0.2) is 58.1 Å². The number of fused-ring (bicyclic) bond motifs is 1. The van der Waals surface area contributed by atoms with E-state index in [4.69, 9.17) is 4.74 Å². The zero-order valence-corrected chi connectivity index (χ0v) is 24.1. The van der Waals surface area contributed by atoms with Crippen molar-refractivity contribution < 1.29 is 33.8 Å². The smallest absolute Gasteiger partial charge is 0.244 e. The summed E-state index contributed by atoms with van der Waals surface area (Å²) in [5.74, 6) is -1.43. The third-order valence-electron chi connectivity index (χ3n) is 7.09. The van der Waals surface area contributed by atoms with Gasteiger partial charge in [0.15, 0.2) is 17.7 Å². The molecule has 0 aromatic heterocycles. The van der Waals surface area contributed by atoms with Gasteiger partial charge in [0.25, 0.3) is 0 Å². The molecule has 0 aromatic carbocycles. The Morgan fingerprint density at radius 2 is 1.80 bits per heavy atom. The Labute approximate surface area is 241 Å². The number of carbonyl (C=O) groups excluding carboxylic acids is 5. The highest BCUT2D eigenvalue weighted by Crippen LogP contribution is 2.40. The van der Waals surface area contributed by atoms with Crippen LogP contribution >= 0.6 is 0 Å². The minimum absolute atomic E-state index is 0.00861. The predicted octanol–water partition coefficient (Wildman–Crippen LogP) is 3.26. The third-order valence-corrected chi connectivity index (χ3v) is 7.09. The SMILES string of the molecule is CCCCC(C)/C=C(C)/C=C(\C)CC(=O)NC1=CC(O)(/C=C/C=C/C=C/C(=O)NC2C(=O)CCC2=O)C2OC2C1=O. The molecule has 2 aliphatic carbocycles. The monoisotopic (exact) mass is 564 g/mol. The van der Waals surface area contributed by atoms with Crippen LogP contribution in [0.2, 0.25) is 0 Å². The molecule has 4 unspecified atom stereocenters. The summed E-state index contributed by atoms with van der Waals surface area (Å²) in [6.45, 7) is 8.21. The van der Waals surface area contributed by atoms with Crippen LogP contribution in [0.3, 0.4) is 0 Å². The topological polar surface area (TPSA) is 142 Å². The second kappa shape index (κ2) is 14.3. The van der Waals surface area contributed by atoms with Crippen molar-refractivity contribution in [1.29, 1.82) is 0 Å². The fourth-order valence-corrected chi connectivity index (χ4v) is 4.98. The fourth-order valence-electron chi connectivity index (χ4n) is 4.98. The molecule has 1 heterocycles. The number of unbranched alkanes of at least 4 members (excludes halogenated alkanes) is 1. The largest absolute Gasteiger partial charge is 0.379 e. The lowest BCUT2D eigenvalue weighted by atomic mass is 9.88. The summed E-state index contributed by atoms with van der Waals surface area (Å²) in [6, 6.07) is -1.07. The van der Waals surface area contributed by atoms with Crippen LogP contribution < -0.4 is 10.6 Å². The minimum atomic E-state index is -1.60. The molecule has 0 aromatic rings. The molecule has 3 N–H and O–H groups in total. The summed E-state index contributed by atoms with van der Waals surface area (Å²) in [6.07, 6.45) is 16.4. The van der Waals surface area contributed by atoms with E-state index in [1.54, 1.807) is 6.08 Å². The van der Waals surface area contributed by atoms with Gasteiger partial charge in [0.05, 0.1) is 5.70 Å². The second-order valence-corrected chi connectivity index (χ2v) is 11.0. The van der Waals surface area contributed by atoms with E-state index >= 15 is 0 Å². The van der Waals surface area contributed by atoms with Crippen molar-refractivity contribution in [2.75, 3.05) is 0 Å². The van der Waals surface area contributed by atoms with E-state index in [9.17, 15) is 29.1 Å². The average Bonchev–Trinajstić information content (AvgIpc) is 3.66. The Morgan fingerprint density at radius 3 is 2.49 bits per heavy atom. The van der Waals surface area contributed by atoms with Crippen LogP contribution in [0.5, 0.6) is 0 Å². The fraction of sp³-hybridized carbons (Fsp3) is 0.469. The third kappa shape index (κ3) is 9.16. The number of rotatable bonds is 13. The molecule has 2 fully saturated rings. The number of ketones is 3. The summed E-state index contributed by atoms with van der Waals surface area (Å²) in [4.78, 5) is 60.5. The Kier molecular flexibility index (Phi) is 11.1. The average molecular weight is 565 g/mol. The van der Waals surface area contributed by atoms with Crippen LogP contribution in [-0.2, 0) is 28.7 Å². The van der Waals surface area contributed by atoms with Gasteiger partial charge in [-0.25, -0.2) is 0 Å². The molecule has 2 amide bonds. The maximum absolute atomic E-state index is 12.7. The first-order chi connectivity index (χ1) is 19.4. The molecule has 9 heteroatoms. The minimum Gasteiger partial charge on any atom is -0.379 e. The molecule has 41 heavy (non-hydrogen) atoms. The normalized spacial score (nSPS) is 26.2. The number of epoxide rings is 1. The van der Waals surface area contributed by atoms with Gasteiger partial charge in [-0.2, -0.15) is 0 Å². The van der Waals surface area contributed by atoms with Crippen molar-refractivity contribution in [1.82, 2.24) is 10.6 Å². The number of allylic oxidation sites excluding steroid dienone is 7. The molecule has 3 aliphatic rings. The van der Waals surface area contributed by atoms with Gasteiger partial charge in [0.1, 0.15) is 17.7 Å². The molecule has 3 rings (SSSR count). The first-order valence-corrected chi connectivity index (χ1v) is 14.1. The van der Waals surface area contributed by atoms with Crippen molar-refractivity contribution in [3.8, 4) is 0 Å². The van der Waals surface area contributed by atoms with Crippen LogP contribution in [0.25, 0.3) is 0 Å². The van der Waals surface area contributed by atoms with Gasteiger partial charge in [-0.3, -0.25) is 24.0 Å². The van der Waals surface area contributed by atoms with Crippen LogP contribution in [0, 0.1) is 5.92 Å². The molecular weight excluding hydrogens is 524 g/mol. The van der Waals surface area contributed by atoms with Gasteiger partial charge in [-0.15, -0.1) is 0 Å². The molecule has 1 saturated carbocycles. The lowest BCUT2D eigenvalue weighted by Crippen LogP contribution is -2.42. The van der Waals surface area contributed by atoms with Crippen molar-refractivity contribution in [3.05, 3.63) is 71.5 Å². The summed E-state index contributed by atoms with van der Waals surface area (Å²) in [5.41, 5.74) is 0.329. The van der Waals surface area contributed by atoms with E-state index < -0.39 is 29.8 Å². The van der Waals surface area contributed by atoms with Crippen LogP contribution in [0.1, 0.15) is 66.2 Å². The van der Waals surface area contributed by atoms with Crippen molar-refractivity contribution in [2.45, 2.75) is 90.1 Å². The molecule has 0 spiro atoms. The van der Waals surface area contributed by atoms with Crippen molar-refractivity contribution >= 4 is 29.2 Å². The number of nitrogens with one attached hydrogen (secondary N) is 2. The van der Waals surface area contributed by atoms with Gasteiger partial charge in [0, 0.05) is 25.3 Å². The number of carbonyl (C=O) groups is 5. The van der Waals surface area contributed by atoms with E-state index in [0.29, 0.717) is 5.92 Å². The molecule has 1 aliphatic heterocycles. The van der Waals surface area contributed by atoms with E-state index in [2.05, 4.69) is 30.6 Å². The maximum Gasteiger partial charge on any atom is 0.244 e. The van der Waals surface area contributed by atoms with E-state index in [-0.39, 0.29) is 48.2 Å². The molecule has 220 valence electrons. The van der Waals surface area contributed by atoms with E-state index in [1.165, 1.54) is 42.9 Å². The van der Waals surface area contributed by atoms with Crippen LogP contribution in [0.4, 0.5) is 0 Å². The van der Waals surface area contributed by atoms with Gasteiger partial charge >= 0.3 is 0 Å². The number of hydrogen-bond acceptors (Lipinski definition) is 7. The molecule has 1 saturated heterocycles. The summed E-state index contributed by atoms with van der Waals surface area (Å²) >= 11 is 0. The maximum atomic E-state index is 12.7. The summed E-state index contributed by atoms with van der Waals surface area (Å²) in [5, 5.41) is 16.1. The quantitative estimate of drug-likeness (QED) is 0.135. The highest BCUT2D eigenvalue weighted by molar-refractivity contribution is 6.14. The second-order valence-electron chi connectivity index (χ2n) is 11.0. The molecule has 0 bridgehead atoms. The van der Waals surface area contributed by atoms with E-state index in [1.807, 2.05) is 19.9 Å². The Hall–Kier alpha value is -3.69. The Balaban J connectivity index is 1.55. The predicted molar refractivity (Wildman–Crippen MR) is 154 cm³/mol. The standard InChI is InChI=1S/C32H40N2O7/c1-5-6-11-20(2)16-21(3)17-22(4)18-27(38)33-23-19-32(40,31-30(41-31)29(23)39)15-10-8-7-9-12-26(37)34-28-24(35)13-14-25(28)36/h7-10,12,15-17,19-20,28,30-31,40H,5-6,11,13-14,18H2,1-4H3,(H,33,38)(H,34,37)/b8-7+,12-9+,15-10+,21-16+,22-17+. The Bertz CT molecular complexity index is 1240. The van der Waals surface area contributed by atoms with Crippen molar-refractivity contribution in [3.63, 3.8) is 0 Å². The number of ether oxygens (including phenoxy) is 1. The Morgan fingerprint density at radius 1 is 1.12 bits per heavy atom. The summed E-state index contributed by atoms with van der Waals surface area (Å²) in [7, 11) is 0. The highest BCUT2D eigenvalue weighted by Gasteiger charge is 2.59. The number of hydrogen-bond donors (Lipinski definition) is 3. The zero-order valence-electron chi connectivity index (χ0n) is 24.1. The number of amides is 2. The number of aliphatic hydroxyl groups is 1. The zero-order chi connectivity index (χ0) is 30.2. The van der Waals surface area contributed by atoms with Gasteiger partial charge in [0.2, 0.25) is 17.6 Å². The van der Waals surface area contributed by atoms with E-state index in [0.717, 1.165) is 24.0 Å².